The van der Waals surface area contributed by atoms with E-state index in [0.29, 0.717) is 18.7 Å². The number of primary amides is 1. The molecule has 1 saturated heterocycles. The Morgan fingerprint density at radius 1 is 1.36 bits per heavy atom. The minimum Gasteiger partial charge on any atom is -0.444 e. The summed E-state index contributed by atoms with van der Waals surface area (Å²) < 4.78 is 6.43. The molecular formula is C18H23N3O3S. The monoisotopic (exact) mass is 361 g/mol. The van der Waals surface area contributed by atoms with Crippen molar-refractivity contribution in [3.8, 4) is 0 Å². The number of piperidine rings is 1. The van der Waals surface area contributed by atoms with Gasteiger partial charge >= 0.3 is 6.09 Å². The first-order valence-electron chi connectivity index (χ1n) is 8.41. The molecule has 0 unspecified atom stereocenters. The van der Waals surface area contributed by atoms with Crippen molar-refractivity contribution in [1.29, 1.82) is 0 Å². The lowest BCUT2D eigenvalue weighted by Crippen LogP contribution is -2.42. The van der Waals surface area contributed by atoms with Crippen molar-refractivity contribution >= 4 is 33.6 Å². The smallest absolute Gasteiger partial charge is 0.410 e. The summed E-state index contributed by atoms with van der Waals surface area (Å²) in [5.41, 5.74) is 6.20. The number of hydrogen-bond acceptors (Lipinski definition) is 5. The summed E-state index contributed by atoms with van der Waals surface area (Å²) in [7, 11) is 0. The molecule has 1 atom stereocenters. The molecule has 0 spiro atoms. The van der Waals surface area contributed by atoms with Crippen LogP contribution in [0, 0.1) is 0 Å². The summed E-state index contributed by atoms with van der Waals surface area (Å²) in [5.74, 6) is -0.249. The molecular weight excluding hydrogens is 338 g/mol. The number of aromatic nitrogens is 1. The predicted molar refractivity (Wildman–Crippen MR) is 97.9 cm³/mol. The van der Waals surface area contributed by atoms with E-state index in [1.807, 2.05) is 26.8 Å². The Morgan fingerprint density at radius 2 is 2.12 bits per heavy atom. The molecule has 2 aromatic rings. The van der Waals surface area contributed by atoms with Gasteiger partial charge in [0.05, 0.1) is 15.2 Å². The lowest BCUT2D eigenvalue weighted by molar-refractivity contribution is 0.0198. The fourth-order valence-electron chi connectivity index (χ4n) is 2.94. The number of thiazole rings is 1. The van der Waals surface area contributed by atoms with E-state index in [-0.39, 0.29) is 12.0 Å². The van der Waals surface area contributed by atoms with E-state index in [4.69, 9.17) is 15.5 Å². The van der Waals surface area contributed by atoms with Gasteiger partial charge < -0.3 is 15.4 Å². The molecule has 2 heterocycles. The Balaban J connectivity index is 1.78. The van der Waals surface area contributed by atoms with Gasteiger partial charge in [-0.1, -0.05) is 0 Å². The highest BCUT2D eigenvalue weighted by Gasteiger charge is 2.29. The Hall–Kier alpha value is -2.15. The molecule has 134 valence electrons. The number of benzene rings is 1. The van der Waals surface area contributed by atoms with Gasteiger partial charge in [0.1, 0.15) is 5.60 Å². The number of fused-ring (bicyclic) bond motifs is 1. The molecule has 0 aliphatic carbocycles. The van der Waals surface area contributed by atoms with Crippen molar-refractivity contribution in [1.82, 2.24) is 9.88 Å². The van der Waals surface area contributed by atoms with Crippen molar-refractivity contribution in [2.45, 2.75) is 45.1 Å². The molecule has 1 fully saturated rings. The Morgan fingerprint density at radius 3 is 2.80 bits per heavy atom. The van der Waals surface area contributed by atoms with Crippen LogP contribution in [0.5, 0.6) is 0 Å². The van der Waals surface area contributed by atoms with Crippen molar-refractivity contribution in [3.05, 3.63) is 28.8 Å². The first kappa shape index (κ1) is 17.7. The van der Waals surface area contributed by atoms with Crippen molar-refractivity contribution in [2.24, 2.45) is 5.73 Å². The fourth-order valence-corrected chi connectivity index (χ4v) is 4.07. The van der Waals surface area contributed by atoms with Gasteiger partial charge in [-0.3, -0.25) is 4.79 Å². The first-order chi connectivity index (χ1) is 11.7. The van der Waals surface area contributed by atoms with Crippen LogP contribution >= 0.6 is 11.3 Å². The highest BCUT2D eigenvalue weighted by Crippen LogP contribution is 2.33. The van der Waals surface area contributed by atoms with E-state index >= 15 is 0 Å². The molecule has 1 aliphatic rings. The van der Waals surface area contributed by atoms with E-state index in [1.54, 1.807) is 28.4 Å². The Labute approximate surface area is 151 Å². The molecule has 25 heavy (non-hydrogen) atoms. The number of nitrogens with zero attached hydrogens (tertiary/aromatic N) is 2. The fraction of sp³-hybridized carbons (Fsp3) is 0.500. The normalized spacial score (nSPS) is 18.4. The molecule has 3 rings (SSSR count). The van der Waals surface area contributed by atoms with Crippen LogP contribution in [-0.4, -0.2) is 40.6 Å². The number of rotatable bonds is 2. The number of likely N-dealkylation sites (tertiary alicyclic amines) is 1. The minimum atomic E-state index is -0.495. The Bertz CT molecular complexity index is 809. The SMILES string of the molecule is CC(C)(C)OC(=O)N1CCC[C@H](c2nc3ccc(C(N)=O)cc3s2)C1. The van der Waals surface area contributed by atoms with E-state index in [0.717, 1.165) is 28.1 Å². The third-order valence-electron chi connectivity index (χ3n) is 4.11. The van der Waals surface area contributed by atoms with Gasteiger partial charge in [0.15, 0.2) is 0 Å². The van der Waals surface area contributed by atoms with Crippen molar-refractivity contribution < 1.29 is 14.3 Å². The minimum absolute atomic E-state index is 0.190. The second-order valence-corrected chi connectivity index (χ2v) is 8.43. The van der Waals surface area contributed by atoms with Crippen LogP contribution in [0.3, 0.4) is 0 Å². The highest BCUT2D eigenvalue weighted by atomic mass is 32.1. The summed E-state index contributed by atoms with van der Waals surface area (Å²) in [6, 6.07) is 5.30. The molecule has 1 aromatic carbocycles. The van der Waals surface area contributed by atoms with E-state index in [1.165, 1.54) is 0 Å². The average Bonchev–Trinajstić information content (AvgIpc) is 2.96. The maximum absolute atomic E-state index is 12.3. The lowest BCUT2D eigenvalue weighted by atomic mass is 9.99. The standard InChI is InChI=1S/C18H23N3O3S/c1-18(2,3)24-17(23)21-8-4-5-12(10-21)16-20-13-7-6-11(15(19)22)9-14(13)25-16/h6-7,9,12H,4-5,8,10H2,1-3H3,(H2,19,22)/t12-/m0/s1. The zero-order valence-electron chi connectivity index (χ0n) is 14.7. The van der Waals surface area contributed by atoms with E-state index in [2.05, 4.69) is 0 Å². The van der Waals surface area contributed by atoms with Gasteiger partial charge in [0, 0.05) is 24.6 Å². The van der Waals surface area contributed by atoms with Crippen LogP contribution in [0.25, 0.3) is 10.2 Å². The first-order valence-corrected chi connectivity index (χ1v) is 9.23. The van der Waals surface area contributed by atoms with Crippen molar-refractivity contribution in [3.63, 3.8) is 0 Å². The zero-order chi connectivity index (χ0) is 18.2. The maximum atomic E-state index is 12.3. The zero-order valence-corrected chi connectivity index (χ0v) is 15.6. The van der Waals surface area contributed by atoms with Gasteiger partial charge in [0.2, 0.25) is 5.91 Å². The third kappa shape index (κ3) is 4.10. The van der Waals surface area contributed by atoms with Crippen LogP contribution < -0.4 is 5.73 Å². The molecule has 2 amide bonds. The largest absolute Gasteiger partial charge is 0.444 e. The van der Waals surface area contributed by atoms with Gasteiger partial charge in [-0.2, -0.15) is 0 Å². The lowest BCUT2D eigenvalue weighted by Gasteiger charge is -2.33. The molecule has 6 nitrogen and oxygen atoms in total. The molecule has 0 radical (unpaired) electrons. The van der Waals surface area contributed by atoms with Crippen LogP contribution in [0.15, 0.2) is 18.2 Å². The van der Waals surface area contributed by atoms with Gasteiger partial charge in [-0.25, -0.2) is 9.78 Å². The van der Waals surface area contributed by atoms with Crippen LogP contribution in [0.4, 0.5) is 4.79 Å². The summed E-state index contributed by atoms with van der Waals surface area (Å²) in [4.78, 5) is 30.1. The van der Waals surface area contributed by atoms with Gasteiger partial charge in [-0.05, 0) is 51.8 Å². The van der Waals surface area contributed by atoms with Gasteiger partial charge in [-0.15, -0.1) is 11.3 Å². The number of amides is 2. The summed E-state index contributed by atoms with van der Waals surface area (Å²) in [6.07, 6.45) is 1.64. The number of carbonyl (C=O) groups excluding carboxylic acids is 2. The molecule has 7 heteroatoms. The number of carbonyl (C=O) groups is 2. The predicted octanol–water partition coefficient (Wildman–Crippen LogP) is 3.51. The highest BCUT2D eigenvalue weighted by molar-refractivity contribution is 7.18. The topological polar surface area (TPSA) is 85.5 Å². The summed E-state index contributed by atoms with van der Waals surface area (Å²) in [6.45, 7) is 6.93. The third-order valence-corrected chi connectivity index (χ3v) is 5.29. The van der Waals surface area contributed by atoms with E-state index in [9.17, 15) is 9.59 Å². The van der Waals surface area contributed by atoms with Crippen LogP contribution in [0.2, 0.25) is 0 Å². The quantitative estimate of drug-likeness (QED) is 0.887. The van der Waals surface area contributed by atoms with Crippen molar-refractivity contribution in [2.75, 3.05) is 13.1 Å². The second-order valence-electron chi connectivity index (χ2n) is 7.36. The molecule has 1 aliphatic heterocycles. The number of ether oxygens (including phenoxy) is 1. The summed E-state index contributed by atoms with van der Waals surface area (Å²) >= 11 is 1.56. The second kappa shape index (κ2) is 6.63. The molecule has 0 saturated carbocycles. The molecule has 1 aromatic heterocycles. The molecule has 0 bridgehead atoms. The van der Waals surface area contributed by atoms with Crippen LogP contribution in [0.1, 0.15) is 54.9 Å². The van der Waals surface area contributed by atoms with Crippen LogP contribution in [-0.2, 0) is 4.74 Å². The van der Waals surface area contributed by atoms with Gasteiger partial charge in [0.25, 0.3) is 0 Å². The van der Waals surface area contributed by atoms with E-state index < -0.39 is 11.5 Å². The maximum Gasteiger partial charge on any atom is 0.410 e. The number of hydrogen-bond donors (Lipinski definition) is 1. The summed E-state index contributed by atoms with van der Waals surface area (Å²) in [5, 5.41) is 0.991. The Kier molecular flexibility index (Phi) is 4.69. The average molecular weight is 361 g/mol. The number of nitrogens with two attached hydrogens (primary N) is 1. The molecule has 2 N–H and O–H groups in total.